The van der Waals surface area contributed by atoms with Crippen LogP contribution in [-0.2, 0) is 20.9 Å². The molecule has 1 heterocycles. The lowest BCUT2D eigenvalue weighted by molar-refractivity contribution is -0.125. The Hall–Kier alpha value is -4.98. The molecular weight excluding hydrogens is 506 g/mol. The molecule has 1 unspecified atom stereocenters. The van der Waals surface area contributed by atoms with Gasteiger partial charge in [-0.1, -0.05) is 78.9 Å². The van der Waals surface area contributed by atoms with Crippen LogP contribution < -0.4 is 10.2 Å². The van der Waals surface area contributed by atoms with Crippen LogP contribution >= 0.6 is 0 Å². The number of para-hydroxylation sites is 1. The summed E-state index contributed by atoms with van der Waals surface area (Å²) in [5.41, 5.74) is 0.697. The third-order valence-corrected chi connectivity index (χ3v) is 5.95. The fourth-order valence-electron chi connectivity index (χ4n) is 4.15. The molecule has 204 valence electrons. The second kappa shape index (κ2) is 12.3. The summed E-state index contributed by atoms with van der Waals surface area (Å²) in [5.74, 6) is -2.29. The topological polar surface area (TPSA) is 97.7 Å². The highest BCUT2D eigenvalue weighted by Gasteiger charge is 2.38. The SMILES string of the molecule is CC(C)(C)OC(=O)n1cccc1C(C(=O)NCc1ccccc1)N(C(=O)C(=O)c1ccccc1)c1ccccc1. The Balaban J connectivity index is 1.82. The summed E-state index contributed by atoms with van der Waals surface area (Å²) < 4.78 is 6.76. The number of rotatable bonds is 8. The zero-order chi connectivity index (χ0) is 28.7. The van der Waals surface area contributed by atoms with Gasteiger partial charge >= 0.3 is 6.09 Å². The molecule has 0 saturated heterocycles. The van der Waals surface area contributed by atoms with Crippen LogP contribution in [0.15, 0.2) is 109 Å². The number of hydrogen-bond acceptors (Lipinski definition) is 5. The third kappa shape index (κ3) is 6.71. The number of benzene rings is 3. The van der Waals surface area contributed by atoms with Crippen molar-refractivity contribution < 1.29 is 23.9 Å². The average Bonchev–Trinajstić information content (AvgIpc) is 3.44. The smallest absolute Gasteiger partial charge is 0.418 e. The van der Waals surface area contributed by atoms with Crippen molar-refractivity contribution in [3.63, 3.8) is 0 Å². The van der Waals surface area contributed by atoms with Crippen LogP contribution in [0.25, 0.3) is 0 Å². The van der Waals surface area contributed by atoms with Crippen LogP contribution in [0.5, 0.6) is 0 Å². The molecule has 3 aromatic carbocycles. The highest BCUT2D eigenvalue weighted by molar-refractivity contribution is 6.47. The molecule has 4 aromatic rings. The number of carbonyl (C=O) groups is 4. The number of nitrogens with zero attached hydrogens (tertiary/aromatic N) is 2. The van der Waals surface area contributed by atoms with Crippen LogP contribution in [0, 0.1) is 0 Å². The van der Waals surface area contributed by atoms with E-state index in [0.29, 0.717) is 5.69 Å². The summed E-state index contributed by atoms with van der Waals surface area (Å²) in [7, 11) is 0. The van der Waals surface area contributed by atoms with Crippen LogP contribution in [0.4, 0.5) is 10.5 Å². The van der Waals surface area contributed by atoms with E-state index in [1.165, 1.54) is 22.9 Å². The molecule has 0 bridgehead atoms. The van der Waals surface area contributed by atoms with Gasteiger partial charge in [0.1, 0.15) is 5.60 Å². The van der Waals surface area contributed by atoms with Crippen molar-refractivity contribution in [3.8, 4) is 0 Å². The van der Waals surface area contributed by atoms with Crippen molar-refractivity contribution in [2.75, 3.05) is 4.90 Å². The van der Waals surface area contributed by atoms with Crippen molar-refractivity contribution in [2.45, 2.75) is 39.0 Å². The number of aromatic nitrogens is 1. The second-order valence-corrected chi connectivity index (χ2v) is 10.1. The molecule has 0 fully saturated rings. The molecule has 8 nitrogen and oxygen atoms in total. The van der Waals surface area contributed by atoms with Crippen molar-refractivity contribution >= 4 is 29.4 Å². The van der Waals surface area contributed by atoms with Crippen molar-refractivity contribution in [1.29, 1.82) is 0 Å². The Kier molecular flexibility index (Phi) is 8.59. The zero-order valence-corrected chi connectivity index (χ0v) is 22.6. The monoisotopic (exact) mass is 537 g/mol. The van der Waals surface area contributed by atoms with Gasteiger partial charge in [-0.15, -0.1) is 0 Å². The molecule has 0 aliphatic carbocycles. The van der Waals surface area contributed by atoms with Gasteiger partial charge < -0.3 is 10.1 Å². The molecular formula is C32H31N3O5. The number of Topliss-reactive ketones (excluding diaryl/α,β-unsaturated/α-hetero) is 1. The maximum atomic E-state index is 14.0. The lowest BCUT2D eigenvalue weighted by Crippen LogP contribution is -2.47. The van der Waals surface area contributed by atoms with E-state index in [9.17, 15) is 19.2 Å². The number of anilines is 1. The van der Waals surface area contributed by atoms with Gasteiger partial charge in [0.2, 0.25) is 5.91 Å². The van der Waals surface area contributed by atoms with Crippen molar-refractivity contribution in [2.24, 2.45) is 0 Å². The number of nitrogens with one attached hydrogen (secondary N) is 1. The molecule has 4 rings (SSSR count). The van der Waals surface area contributed by atoms with Gasteiger partial charge in [0, 0.05) is 24.0 Å². The Morgan fingerprint density at radius 2 is 1.38 bits per heavy atom. The second-order valence-electron chi connectivity index (χ2n) is 10.1. The van der Waals surface area contributed by atoms with Crippen molar-refractivity contribution in [3.05, 3.63) is 126 Å². The largest absolute Gasteiger partial charge is 0.443 e. The van der Waals surface area contributed by atoms with Gasteiger partial charge in [-0.05, 0) is 50.6 Å². The predicted octanol–water partition coefficient (Wildman–Crippen LogP) is 5.54. The van der Waals surface area contributed by atoms with E-state index in [0.717, 1.165) is 10.5 Å². The van der Waals surface area contributed by atoms with Crippen LogP contribution in [-0.4, -0.2) is 33.9 Å². The molecule has 40 heavy (non-hydrogen) atoms. The number of ketones is 1. The van der Waals surface area contributed by atoms with Crippen LogP contribution in [0.3, 0.4) is 0 Å². The van der Waals surface area contributed by atoms with E-state index in [-0.39, 0.29) is 17.8 Å². The number of amides is 2. The fraction of sp³-hybridized carbons (Fsp3) is 0.188. The minimum absolute atomic E-state index is 0.165. The first kappa shape index (κ1) is 28.0. The standard InChI is InChI=1S/C32H31N3O5/c1-32(2,3)40-31(39)34-21-13-20-26(34)27(29(37)33-22-23-14-7-4-8-15-23)35(25-18-11-6-12-19-25)30(38)28(36)24-16-9-5-10-17-24/h4-21,27H,22H2,1-3H3,(H,33,37). The normalized spacial score (nSPS) is 11.8. The first-order valence-corrected chi connectivity index (χ1v) is 12.9. The highest BCUT2D eigenvalue weighted by atomic mass is 16.6. The Morgan fingerprint density at radius 3 is 1.98 bits per heavy atom. The van der Waals surface area contributed by atoms with E-state index in [2.05, 4.69) is 5.32 Å². The molecule has 0 saturated carbocycles. The van der Waals surface area contributed by atoms with Gasteiger partial charge in [-0.25, -0.2) is 4.79 Å². The zero-order valence-electron chi connectivity index (χ0n) is 22.6. The van der Waals surface area contributed by atoms with E-state index >= 15 is 0 Å². The summed E-state index contributed by atoms with van der Waals surface area (Å²) >= 11 is 0. The van der Waals surface area contributed by atoms with Gasteiger partial charge in [0.05, 0.1) is 5.69 Å². The summed E-state index contributed by atoms with van der Waals surface area (Å²) in [6.07, 6.45) is 0.747. The van der Waals surface area contributed by atoms with Gasteiger partial charge in [-0.3, -0.25) is 23.9 Å². The molecule has 8 heteroatoms. The number of ether oxygens (including phenoxy) is 1. The minimum atomic E-state index is -1.38. The maximum Gasteiger partial charge on any atom is 0.418 e. The van der Waals surface area contributed by atoms with Gasteiger partial charge in [0.15, 0.2) is 6.04 Å². The first-order valence-electron chi connectivity index (χ1n) is 12.9. The van der Waals surface area contributed by atoms with Crippen LogP contribution in [0.1, 0.15) is 48.4 Å². The first-order chi connectivity index (χ1) is 19.2. The van der Waals surface area contributed by atoms with E-state index in [4.69, 9.17) is 4.74 Å². The molecule has 0 radical (unpaired) electrons. The highest BCUT2D eigenvalue weighted by Crippen LogP contribution is 2.30. The van der Waals surface area contributed by atoms with Crippen LogP contribution in [0.2, 0.25) is 0 Å². The summed E-state index contributed by atoms with van der Waals surface area (Å²) in [6, 6.07) is 27.6. The Morgan fingerprint density at radius 1 is 0.800 bits per heavy atom. The summed E-state index contributed by atoms with van der Waals surface area (Å²) in [6.45, 7) is 5.37. The Bertz CT molecular complexity index is 1480. The van der Waals surface area contributed by atoms with E-state index < -0.39 is 35.3 Å². The van der Waals surface area contributed by atoms with E-state index in [1.807, 2.05) is 30.3 Å². The summed E-state index contributed by atoms with van der Waals surface area (Å²) in [5, 5.41) is 2.88. The third-order valence-electron chi connectivity index (χ3n) is 5.95. The molecule has 1 aromatic heterocycles. The average molecular weight is 538 g/mol. The lowest BCUT2D eigenvalue weighted by atomic mass is 10.0. The maximum absolute atomic E-state index is 14.0. The summed E-state index contributed by atoms with van der Waals surface area (Å²) in [4.78, 5) is 55.6. The molecule has 1 atom stereocenters. The lowest BCUT2D eigenvalue weighted by Gasteiger charge is -2.31. The minimum Gasteiger partial charge on any atom is -0.443 e. The molecule has 2 amide bonds. The molecule has 1 N–H and O–H groups in total. The molecule has 0 aliphatic heterocycles. The predicted molar refractivity (Wildman–Crippen MR) is 152 cm³/mol. The van der Waals surface area contributed by atoms with E-state index in [1.54, 1.807) is 81.4 Å². The van der Waals surface area contributed by atoms with Gasteiger partial charge in [-0.2, -0.15) is 0 Å². The number of carbonyl (C=O) groups excluding carboxylic acids is 4. The van der Waals surface area contributed by atoms with Crippen molar-refractivity contribution in [1.82, 2.24) is 9.88 Å². The number of hydrogen-bond donors (Lipinski definition) is 1. The molecule has 0 spiro atoms. The van der Waals surface area contributed by atoms with Gasteiger partial charge in [0.25, 0.3) is 11.7 Å². The fourth-order valence-corrected chi connectivity index (χ4v) is 4.15. The Labute approximate surface area is 233 Å². The molecule has 0 aliphatic rings. The quantitative estimate of drug-likeness (QED) is 0.235.